The number of rotatable bonds is 2. The van der Waals surface area contributed by atoms with Crippen LogP contribution in [0.25, 0.3) is 0 Å². The van der Waals surface area contributed by atoms with Crippen LogP contribution in [0.15, 0.2) is 0 Å². The van der Waals surface area contributed by atoms with Crippen LogP contribution in [0.5, 0.6) is 0 Å². The number of amides is 2. The van der Waals surface area contributed by atoms with Crippen molar-refractivity contribution < 1.29 is 14.3 Å². The minimum atomic E-state index is -0.571. The number of primary amides is 1. The van der Waals surface area contributed by atoms with Crippen LogP contribution in [0.1, 0.15) is 0 Å². The fourth-order valence-electron chi connectivity index (χ4n) is 0.454. The number of likely N-dealkylation sites (N-methyl/N-ethyl adjacent to an activating group) is 1. The van der Waals surface area contributed by atoms with Crippen molar-refractivity contribution in [1.82, 2.24) is 4.90 Å². The smallest absolute Gasteiger partial charge is 0.409 e. The molecule has 0 aliphatic heterocycles. The lowest BCUT2D eigenvalue weighted by molar-refractivity contribution is -0.118. The lowest BCUT2D eigenvalue weighted by atomic mass is 10.6. The highest BCUT2D eigenvalue weighted by atomic mass is 16.5. The summed E-state index contributed by atoms with van der Waals surface area (Å²) in [4.78, 5) is 21.8. The maximum Gasteiger partial charge on any atom is 0.409 e. The Morgan fingerprint density at radius 2 is 2.10 bits per heavy atom. The molecule has 2 amide bonds. The summed E-state index contributed by atoms with van der Waals surface area (Å²) in [7, 11) is 2.66. The minimum absolute atomic E-state index is 0.118. The maximum absolute atomic E-state index is 10.5. The molecule has 5 nitrogen and oxygen atoms in total. The Hall–Kier alpha value is -1.26. The maximum atomic E-state index is 10.5. The zero-order valence-corrected chi connectivity index (χ0v) is 5.96. The normalized spacial score (nSPS) is 8.60. The van der Waals surface area contributed by atoms with E-state index >= 15 is 0 Å². The first-order chi connectivity index (χ1) is 4.57. The van der Waals surface area contributed by atoms with Crippen LogP contribution in [0, 0.1) is 0 Å². The van der Waals surface area contributed by atoms with Gasteiger partial charge in [0, 0.05) is 7.05 Å². The van der Waals surface area contributed by atoms with E-state index in [-0.39, 0.29) is 6.54 Å². The van der Waals surface area contributed by atoms with Gasteiger partial charge >= 0.3 is 6.09 Å². The van der Waals surface area contributed by atoms with Gasteiger partial charge in [-0.1, -0.05) is 0 Å². The van der Waals surface area contributed by atoms with Crippen LogP contribution in [-0.2, 0) is 9.53 Å². The Bertz CT molecular complexity index is 146. The third kappa shape index (κ3) is 2.91. The quantitative estimate of drug-likeness (QED) is 0.552. The Morgan fingerprint density at radius 3 is 2.40 bits per heavy atom. The van der Waals surface area contributed by atoms with Crippen LogP contribution in [0.2, 0.25) is 0 Å². The third-order valence-corrected chi connectivity index (χ3v) is 0.879. The second kappa shape index (κ2) is 3.71. The predicted molar refractivity (Wildman–Crippen MR) is 34.2 cm³/mol. The fraction of sp³-hybridized carbons (Fsp3) is 0.600. The molecular weight excluding hydrogens is 136 g/mol. The van der Waals surface area contributed by atoms with E-state index in [9.17, 15) is 9.59 Å². The van der Waals surface area contributed by atoms with Gasteiger partial charge < -0.3 is 15.4 Å². The number of hydrogen-bond acceptors (Lipinski definition) is 3. The molecule has 0 fully saturated rings. The molecule has 0 saturated heterocycles. The van der Waals surface area contributed by atoms with Crippen molar-refractivity contribution in [1.29, 1.82) is 0 Å². The number of carbonyl (C=O) groups excluding carboxylic acids is 2. The van der Waals surface area contributed by atoms with Crippen LogP contribution in [0.3, 0.4) is 0 Å². The van der Waals surface area contributed by atoms with Crippen LogP contribution < -0.4 is 5.73 Å². The molecule has 58 valence electrons. The van der Waals surface area contributed by atoms with Gasteiger partial charge in [0.25, 0.3) is 0 Å². The summed E-state index contributed by atoms with van der Waals surface area (Å²) in [5.74, 6) is -0.562. The molecule has 0 saturated carbocycles. The van der Waals surface area contributed by atoms with Crippen LogP contribution in [0.4, 0.5) is 4.79 Å². The van der Waals surface area contributed by atoms with E-state index in [2.05, 4.69) is 4.74 Å². The zero-order chi connectivity index (χ0) is 8.15. The molecule has 0 spiro atoms. The van der Waals surface area contributed by atoms with Crippen molar-refractivity contribution in [3.8, 4) is 0 Å². The molecule has 0 aromatic rings. The summed E-state index contributed by atoms with van der Waals surface area (Å²) in [5.41, 5.74) is 4.80. The highest BCUT2D eigenvalue weighted by Gasteiger charge is 2.09. The molecule has 0 atom stereocenters. The number of carbonyl (C=O) groups is 2. The predicted octanol–water partition coefficient (Wildman–Crippen LogP) is -0.830. The molecule has 10 heavy (non-hydrogen) atoms. The van der Waals surface area contributed by atoms with E-state index in [4.69, 9.17) is 5.73 Å². The average Bonchev–Trinajstić information content (AvgIpc) is 1.85. The lowest BCUT2D eigenvalue weighted by Crippen LogP contribution is -2.35. The molecule has 5 heteroatoms. The van der Waals surface area contributed by atoms with E-state index in [0.717, 1.165) is 4.90 Å². The molecule has 2 N–H and O–H groups in total. The zero-order valence-electron chi connectivity index (χ0n) is 5.96. The number of ether oxygens (including phenoxy) is 1. The second-order valence-corrected chi connectivity index (χ2v) is 1.79. The lowest BCUT2D eigenvalue weighted by Gasteiger charge is -2.11. The summed E-state index contributed by atoms with van der Waals surface area (Å²) in [6.07, 6.45) is -0.571. The van der Waals surface area contributed by atoms with Gasteiger partial charge in [0.15, 0.2) is 0 Å². The highest BCUT2D eigenvalue weighted by Crippen LogP contribution is 1.85. The van der Waals surface area contributed by atoms with Crippen LogP contribution >= 0.6 is 0 Å². The molecule has 0 aromatic heterocycles. The third-order valence-electron chi connectivity index (χ3n) is 0.879. The molecular formula is C5H10N2O3. The van der Waals surface area contributed by atoms with E-state index in [0.29, 0.717) is 0 Å². The second-order valence-electron chi connectivity index (χ2n) is 1.79. The average molecular weight is 146 g/mol. The topological polar surface area (TPSA) is 72.6 Å². The number of nitrogens with zero attached hydrogens (tertiary/aromatic N) is 1. The standard InChI is InChI=1S/C5H10N2O3/c1-7(3-4(6)8)5(9)10-2/h3H2,1-2H3,(H2,6,8). The Labute approximate surface area is 58.7 Å². The molecule has 0 heterocycles. The molecule has 0 bridgehead atoms. The van der Waals surface area contributed by atoms with Gasteiger partial charge in [-0.2, -0.15) is 0 Å². The summed E-state index contributed by atoms with van der Waals surface area (Å²) < 4.78 is 4.29. The van der Waals surface area contributed by atoms with Gasteiger partial charge in [-0.3, -0.25) is 4.79 Å². The first-order valence-electron chi connectivity index (χ1n) is 2.65. The van der Waals surface area contributed by atoms with E-state index in [1.54, 1.807) is 0 Å². The van der Waals surface area contributed by atoms with Crippen molar-refractivity contribution >= 4 is 12.0 Å². The Balaban J connectivity index is 3.72. The monoisotopic (exact) mass is 146 g/mol. The SMILES string of the molecule is COC(=O)N(C)CC(N)=O. The van der Waals surface area contributed by atoms with E-state index in [1.807, 2.05) is 0 Å². The highest BCUT2D eigenvalue weighted by molar-refractivity contribution is 5.80. The first kappa shape index (κ1) is 8.74. The largest absolute Gasteiger partial charge is 0.453 e. The Kier molecular flexibility index (Phi) is 3.24. The van der Waals surface area contributed by atoms with E-state index < -0.39 is 12.0 Å². The summed E-state index contributed by atoms with van der Waals surface area (Å²) in [5, 5.41) is 0. The molecule has 0 unspecified atom stereocenters. The van der Waals surface area contributed by atoms with Gasteiger partial charge in [-0.25, -0.2) is 4.79 Å². The molecule has 0 aromatic carbocycles. The van der Waals surface area contributed by atoms with Gasteiger partial charge in [0.1, 0.15) is 6.54 Å². The molecule has 0 rings (SSSR count). The van der Waals surface area contributed by atoms with Crippen molar-refractivity contribution in [2.75, 3.05) is 20.7 Å². The van der Waals surface area contributed by atoms with Crippen molar-refractivity contribution in [3.05, 3.63) is 0 Å². The van der Waals surface area contributed by atoms with Gasteiger partial charge in [-0.15, -0.1) is 0 Å². The summed E-state index contributed by atoms with van der Waals surface area (Å²) >= 11 is 0. The summed E-state index contributed by atoms with van der Waals surface area (Å²) in [6, 6.07) is 0. The minimum Gasteiger partial charge on any atom is -0.453 e. The Morgan fingerprint density at radius 1 is 1.60 bits per heavy atom. The number of methoxy groups -OCH3 is 1. The van der Waals surface area contributed by atoms with Gasteiger partial charge in [-0.05, 0) is 0 Å². The molecule has 0 aliphatic carbocycles. The number of hydrogen-bond donors (Lipinski definition) is 1. The van der Waals surface area contributed by atoms with E-state index in [1.165, 1.54) is 14.2 Å². The van der Waals surface area contributed by atoms with Gasteiger partial charge in [0.05, 0.1) is 7.11 Å². The van der Waals surface area contributed by atoms with Crippen molar-refractivity contribution in [2.45, 2.75) is 0 Å². The van der Waals surface area contributed by atoms with Gasteiger partial charge in [0.2, 0.25) is 5.91 Å². The first-order valence-corrected chi connectivity index (χ1v) is 2.65. The fourth-order valence-corrected chi connectivity index (χ4v) is 0.454. The summed E-state index contributed by atoms with van der Waals surface area (Å²) in [6.45, 7) is -0.118. The van der Waals surface area contributed by atoms with Crippen LogP contribution in [-0.4, -0.2) is 37.6 Å². The number of nitrogens with two attached hydrogens (primary N) is 1. The molecule has 0 radical (unpaired) electrons. The van der Waals surface area contributed by atoms with Crippen molar-refractivity contribution in [2.24, 2.45) is 5.73 Å². The van der Waals surface area contributed by atoms with Crippen molar-refractivity contribution in [3.63, 3.8) is 0 Å². The molecule has 0 aliphatic rings.